The van der Waals surface area contributed by atoms with E-state index in [0.717, 1.165) is 27.4 Å². The molecule has 6 aromatic rings. The van der Waals surface area contributed by atoms with E-state index in [1.807, 2.05) is 91.0 Å². The summed E-state index contributed by atoms with van der Waals surface area (Å²) in [6.07, 6.45) is 0. The summed E-state index contributed by atoms with van der Waals surface area (Å²) in [5.41, 5.74) is 2.64. The molecule has 0 saturated heterocycles. The van der Waals surface area contributed by atoms with Crippen molar-refractivity contribution < 1.29 is 14.3 Å². The number of pyridine rings is 1. The molecule has 0 saturated carbocycles. The van der Waals surface area contributed by atoms with Crippen molar-refractivity contribution in [3.05, 3.63) is 119 Å². The number of hydrogen-bond donors (Lipinski definition) is 0. The SMILES string of the molecule is Cn1c(C(=O)OCC(=O)n2c3ccccc3c3ccccc32)c(-c2ccccc2)c2ccccc2c1=O. The minimum Gasteiger partial charge on any atom is -0.451 e. The van der Waals surface area contributed by atoms with Gasteiger partial charge in [0.05, 0.1) is 11.0 Å². The summed E-state index contributed by atoms with van der Waals surface area (Å²) in [6.45, 7) is -0.475. The van der Waals surface area contributed by atoms with Gasteiger partial charge in [0.2, 0.25) is 0 Å². The number of para-hydroxylation sites is 2. The summed E-state index contributed by atoms with van der Waals surface area (Å²) in [6, 6.07) is 31.8. The van der Waals surface area contributed by atoms with Gasteiger partial charge >= 0.3 is 5.97 Å². The standard InChI is InChI=1S/C31H22N2O4/c1-32-29(28(20-11-3-2-4-12-20)23-15-5-6-16-24(23)30(32)35)31(36)37-19-27(34)33-25-17-9-7-13-21(25)22-14-8-10-18-26(22)33/h2-18H,19H2,1H3. The summed E-state index contributed by atoms with van der Waals surface area (Å²) in [7, 11) is 1.55. The van der Waals surface area contributed by atoms with Crippen molar-refractivity contribution in [2.75, 3.05) is 6.61 Å². The maximum absolute atomic E-state index is 13.5. The van der Waals surface area contributed by atoms with Gasteiger partial charge in [0.1, 0.15) is 5.69 Å². The number of fused-ring (bicyclic) bond motifs is 4. The number of hydrogen-bond acceptors (Lipinski definition) is 4. The first-order valence-electron chi connectivity index (χ1n) is 11.9. The molecule has 0 unspecified atom stereocenters. The van der Waals surface area contributed by atoms with Crippen LogP contribution >= 0.6 is 0 Å². The summed E-state index contributed by atoms with van der Waals surface area (Å²) in [4.78, 5) is 40.1. The van der Waals surface area contributed by atoms with Gasteiger partial charge in [-0.2, -0.15) is 0 Å². The minimum absolute atomic E-state index is 0.102. The second-order valence-electron chi connectivity index (χ2n) is 8.84. The molecule has 0 aliphatic heterocycles. The zero-order chi connectivity index (χ0) is 25.5. The van der Waals surface area contributed by atoms with Crippen molar-refractivity contribution in [1.82, 2.24) is 9.13 Å². The third-order valence-electron chi connectivity index (χ3n) is 6.72. The van der Waals surface area contributed by atoms with E-state index in [0.29, 0.717) is 16.3 Å². The predicted octanol–water partition coefficient (Wildman–Crippen LogP) is 5.81. The van der Waals surface area contributed by atoms with Crippen LogP contribution < -0.4 is 5.56 Å². The van der Waals surface area contributed by atoms with E-state index in [4.69, 9.17) is 4.74 Å². The fourth-order valence-corrected chi connectivity index (χ4v) is 5.05. The molecule has 4 aromatic carbocycles. The molecule has 6 nitrogen and oxygen atoms in total. The Morgan fingerprint density at radius 1 is 0.676 bits per heavy atom. The smallest absolute Gasteiger partial charge is 0.356 e. The van der Waals surface area contributed by atoms with E-state index in [1.165, 1.54) is 4.57 Å². The zero-order valence-electron chi connectivity index (χ0n) is 20.0. The normalized spacial score (nSPS) is 11.3. The Bertz CT molecular complexity index is 1840. The van der Waals surface area contributed by atoms with Crippen molar-refractivity contribution in [2.24, 2.45) is 7.05 Å². The largest absolute Gasteiger partial charge is 0.451 e. The van der Waals surface area contributed by atoms with Crippen LogP contribution in [-0.2, 0) is 11.8 Å². The van der Waals surface area contributed by atoms with Crippen LogP contribution in [0.3, 0.4) is 0 Å². The third kappa shape index (κ3) is 3.62. The van der Waals surface area contributed by atoms with Crippen molar-refractivity contribution in [3.63, 3.8) is 0 Å². The summed E-state index contributed by atoms with van der Waals surface area (Å²) in [5, 5.41) is 3.04. The van der Waals surface area contributed by atoms with Gasteiger partial charge in [-0.1, -0.05) is 84.9 Å². The molecule has 0 radical (unpaired) electrons. The zero-order valence-corrected chi connectivity index (χ0v) is 20.0. The van der Waals surface area contributed by atoms with Crippen molar-refractivity contribution in [2.45, 2.75) is 0 Å². The molecule has 2 heterocycles. The molecule has 2 aromatic heterocycles. The van der Waals surface area contributed by atoms with E-state index in [1.54, 1.807) is 23.7 Å². The molecule has 6 heteroatoms. The Morgan fingerprint density at radius 3 is 1.81 bits per heavy atom. The predicted molar refractivity (Wildman–Crippen MR) is 145 cm³/mol. The lowest BCUT2D eigenvalue weighted by atomic mass is 9.97. The number of aromatic nitrogens is 2. The highest BCUT2D eigenvalue weighted by Crippen LogP contribution is 2.31. The van der Waals surface area contributed by atoms with E-state index in [9.17, 15) is 14.4 Å². The average Bonchev–Trinajstić information content (AvgIpc) is 3.28. The van der Waals surface area contributed by atoms with E-state index < -0.39 is 12.6 Å². The lowest BCUT2D eigenvalue weighted by Crippen LogP contribution is -2.27. The highest BCUT2D eigenvalue weighted by atomic mass is 16.5. The second kappa shape index (κ2) is 8.91. The molecule has 37 heavy (non-hydrogen) atoms. The quantitative estimate of drug-likeness (QED) is 0.295. The van der Waals surface area contributed by atoms with Gasteiger partial charge in [-0.05, 0) is 29.1 Å². The van der Waals surface area contributed by atoms with Gasteiger partial charge in [0.15, 0.2) is 6.61 Å². The van der Waals surface area contributed by atoms with Gasteiger partial charge in [-0.3, -0.25) is 14.2 Å². The molecule has 0 amide bonds. The average molecular weight is 487 g/mol. The molecular weight excluding hydrogens is 464 g/mol. The first-order valence-corrected chi connectivity index (χ1v) is 11.9. The van der Waals surface area contributed by atoms with Crippen LogP contribution in [0.2, 0.25) is 0 Å². The molecule has 0 spiro atoms. The Kier molecular flexibility index (Phi) is 5.42. The van der Waals surface area contributed by atoms with Crippen LogP contribution in [0.5, 0.6) is 0 Å². The number of nitrogens with zero attached hydrogens (tertiary/aromatic N) is 2. The van der Waals surface area contributed by atoms with E-state index in [-0.39, 0.29) is 17.2 Å². The second-order valence-corrected chi connectivity index (χ2v) is 8.84. The van der Waals surface area contributed by atoms with Crippen molar-refractivity contribution in [3.8, 4) is 11.1 Å². The Balaban J connectivity index is 1.42. The molecule has 0 atom stereocenters. The van der Waals surface area contributed by atoms with Crippen LogP contribution in [0.15, 0.2) is 108 Å². The maximum Gasteiger partial charge on any atom is 0.356 e. The lowest BCUT2D eigenvalue weighted by molar-refractivity contribution is 0.0443. The molecule has 6 rings (SSSR count). The Labute approximate surface area is 211 Å². The van der Waals surface area contributed by atoms with Crippen molar-refractivity contribution >= 4 is 44.5 Å². The first kappa shape index (κ1) is 22.5. The van der Waals surface area contributed by atoms with Crippen LogP contribution in [0.1, 0.15) is 15.3 Å². The van der Waals surface area contributed by atoms with Gasteiger partial charge in [-0.25, -0.2) is 4.79 Å². The molecule has 0 aliphatic carbocycles. The fourth-order valence-electron chi connectivity index (χ4n) is 5.05. The first-order chi connectivity index (χ1) is 18.1. The van der Waals surface area contributed by atoms with Crippen LogP contribution in [0.4, 0.5) is 0 Å². The molecular formula is C31H22N2O4. The van der Waals surface area contributed by atoms with E-state index in [2.05, 4.69) is 0 Å². The summed E-state index contributed by atoms with van der Waals surface area (Å²) >= 11 is 0. The monoisotopic (exact) mass is 486 g/mol. The molecule has 0 fully saturated rings. The topological polar surface area (TPSA) is 70.3 Å². The molecule has 0 bridgehead atoms. The van der Waals surface area contributed by atoms with Gasteiger partial charge in [0.25, 0.3) is 11.5 Å². The highest BCUT2D eigenvalue weighted by molar-refractivity contribution is 6.14. The van der Waals surface area contributed by atoms with Crippen LogP contribution in [-0.4, -0.2) is 27.6 Å². The summed E-state index contributed by atoms with van der Waals surface area (Å²) < 4.78 is 8.47. The molecule has 0 N–H and O–H groups in total. The van der Waals surface area contributed by atoms with Gasteiger partial charge < -0.3 is 9.30 Å². The number of rotatable bonds is 4. The fraction of sp³-hybridized carbons (Fsp3) is 0.0645. The van der Waals surface area contributed by atoms with Gasteiger partial charge in [0, 0.05) is 28.8 Å². The Morgan fingerprint density at radius 2 is 1.19 bits per heavy atom. The van der Waals surface area contributed by atoms with Crippen molar-refractivity contribution in [1.29, 1.82) is 0 Å². The Hall–Kier alpha value is -4.97. The number of carbonyl (C=O) groups is 2. The highest BCUT2D eigenvalue weighted by Gasteiger charge is 2.24. The lowest BCUT2D eigenvalue weighted by Gasteiger charge is -2.17. The van der Waals surface area contributed by atoms with Crippen LogP contribution in [0, 0.1) is 0 Å². The minimum atomic E-state index is -0.738. The third-order valence-corrected chi connectivity index (χ3v) is 6.72. The van der Waals surface area contributed by atoms with Crippen LogP contribution in [0.25, 0.3) is 43.7 Å². The summed E-state index contributed by atoms with van der Waals surface area (Å²) in [5.74, 6) is -1.11. The molecule has 0 aliphatic rings. The maximum atomic E-state index is 13.5. The van der Waals surface area contributed by atoms with E-state index >= 15 is 0 Å². The molecule has 180 valence electrons. The number of carbonyl (C=O) groups excluding carboxylic acids is 2. The number of benzene rings is 4. The number of ether oxygens (including phenoxy) is 1. The number of esters is 1. The van der Waals surface area contributed by atoms with Gasteiger partial charge in [-0.15, -0.1) is 0 Å².